The quantitative estimate of drug-likeness (QED) is 0.682. The van der Waals surface area contributed by atoms with Gasteiger partial charge in [0.05, 0.1) is 5.69 Å². The SMILES string of the molecule is Brc1ccc(-n2nc3ccccc3n2)cc1. The maximum Gasteiger partial charge on any atom is 0.113 e. The molecule has 0 saturated carbocycles. The minimum absolute atomic E-state index is 0.908. The number of aromatic nitrogens is 3. The van der Waals surface area contributed by atoms with Gasteiger partial charge in [0.1, 0.15) is 11.0 Å². The lowest BCUT2D eigenvalue weighted by atomic mass is 10.3. The molecule has 0 N–H and O–H groups in total. The van der Waals surface area contributed by atoms with E-state index in [9.17, 15) is 0 Å². The molecule has 0 radical (unpaired) electrons. The highest BCUT2D eigenvalue weighted by molar-refractivity contribution is 9.10. The Hall–Kier alpha value is -1.68. The van der Waals surface area contributed by atoms with Crippen molar-refractivity contribution in [2.45, 2.75) is 0 Å². The van der Waals surface area contributed by atoms with Crippen LogP contribution in [0.1, 0.15) is 0 Å². The van der Waals surface area contributed by atoms with Crippen LogP contribution in [-0.4, -0.2) is 15.0 Å². The van der Waals surface area contributed by atoms with Gasteiger partial charge in [0.2, 0.25) is 0 Å². The van der Waals surface area contributed by atoms with Crippen molar-refractivity contribution in [3.05, 3.63) is 53.0 Å². The van der Waals surface area contributed by atoms with Gasteiger partial charge in [0, 0.05) is 4.47 Å². The Kier molecular flexibility index (Phi) is 2.22. The highest BCUT2D eigenvalue weighted by Crippen LogP contribution is 2.15. The van der Waals surface area contributed by atoms with Crippen molar-refractivity contribution < 1.29 is 0 Å². The Morgan fingerprint density at radius 1 is 0.812 bits per heavy atom. The predicted molar refractivity (Wildman–Crippen MR) is 66.6 cm³/mol. The van der Waals surface area contributed by atoms with Gasteiger partial charge in [-0.2, -0.15) is 4.80 Å². The molecule has 0 aliphatic carbocycles. The van der Waals surface area contributed by atoms with Crippen molar-refractivity contribution in [1.29, 1.82) is 0 Å². The summed E-state index contributed by atoms with van der Waals surface area (Å²) in [7, 11) is 0. The second-order valence-electron chi connectivity index (χ2n) is 3.45. The first-order valence-corrected chi connectivity index (χ1v) is 5.70. The first-order valence-electron chi connectivity index (χ1n) is 4.91. The van der Waals surface area contributed by atoms with Crippen molar-refractivity contribution in [3.63, 3.8) is 0 Å². The van der Waals surface area contributed by atoms with Crippen LogP contribution in [0.2, 0.25) is 0 Å². The van der Waals surface area contributed by atoms with E-state index in [-0.39, 0.29) is 0 Å². The van der Waals surface area contributed by atoms with Crippen LogP contribution in [0.15, 0.2) is 53.0 Å². The van der Waals surface area contributed by atoms with Gasteiger partial charge in [0.25, 0.3) is 0 Å². The molecule has 0 fully saturated rings. The van der Waals surface area contributed by atoms with E-state index < -0.39 is 0 Å². The summed E-state index contributed by atoms with van der Waals surface area (Å²) in [5.41, 5.74) is 2.77. The number of halogens is 1. The smallest absolute Gasteiger partial charge is 0.113 e. The summed E-state index contributed by atoms with van der Waals surface area (Å²) in [6.45, 7) is 0. The lowest BCUT2D eigenvalue weighted by Gasteiger charge is -1.97. The Morgan fingerprint density at radius 2 is 1.38 bits per heavy atom. The molecule has 0 unspecified atom stereocenters. The van der Waals surface area contributed by atoms with Gasteiger partial charge in [-0.3, -0.25) is 0 Å². The summed E-state index contributed by atoms with van der Waals surface area (Å²) in [6, 6.07) is 15.7. The third-order valence-electron chi connectivity index (χ3n) is 2.34. The number of fused-ring (bicyclic) bond motifs is 1. The van der Waals surface area contributed by atoms with Crippen LogP contribution in [0.4, 0.5) is 0 Å². The molecular formula is C12H8BrN3. The van der Waals surface area contributed by atoms with Crippen LogP contribution in [-0.2, 0) is 0 Å². The highest BCUT2D eigenvalue weighted by Gasteiger charge is 2.02. The van der Waals surface area contributed by atoms with E-state index >= 15 is 0 Å². The van der Waals surface area contributed by atoms with Crippen LogP contribution in [0.3, 0.4) is 0 Å². The van der Waals surface area contributed by atoms with Gasteiger partial charge in [-0.05, 0) is 36.4 Å². The first-order chi connectivity index (χ1) is 7.83. The van der Waals surface area contributed by atoms with Gasteiger partial charge in [-0.15, -0.1) is 10.2 Å². The molecular weight excluding hydrogens is 266 g/mol. The number of hydrogen-bond donors (Lipinski definition) is 0. The Labute approximate surface area is 101 Å². The fourth-order valence-electron chi connectivity index (χ4n) is 1.55. The number of rotatable bonds is 1. The molecule has 3 rings (SSSR count). The van der Waals surface area contributed by atoms with Gasteiger partial charge in [-0.25, -0.2) is 0 Å². The average molecular weight is 274 g/mol. The zero-order chi connectivity index (χ0) is 11.0. The maximum atomic E-state index is 4.40. The summed E-state index contributed by atoms with van der Waals surface area (Å²) >= 11 is 3.40. The molecule has 0 amide bonds. The molecule has 0 spiro atoms. The molecule has 4 heteroatoms. The van der Waals surface area contributed by atoms with Crippen molar-refractivity contribution in [2.24, 2.45) is 0 Å². The molecule has 78 valence electrons. The second kappa shape index (κ2) is 3.72. The molecule has 2 aromatic carbocycles. The van der Waals surface area contributed by atoms with Crippen LogP contribution in [0.5, 0.6) is 0 Å². The molecule has 0 atom stereocenters. The van der Waals surface area contributed by atoms with E-state index in [0.29, 0.717) is 0 Å². The van der Waals surface area contributed by atoms with Crippen LogP contribution in [0, 0.1) is 0 Å². The number of benzene rings is 2. The van der Waals surface area contributed by atoms with Crippen LogP contribution in [0.25, 0.3) is 16.7 Å². The molecule has 1 aromatic heterocycles. The standard InChI is InChI=1S/C12H8BrN3/c13-9-5-7-10(8-6-9)16-14-11-3-1-2-4-12(11)15-16/h1-8H. The van der Waals surface area contributed by atoms with Crippen LogP contribution < -0.4 is 0 Å². The van der Waals surface area contributed by atoms with Gasteiger partial charge in [-0.1, -0.05) is 28.1 Å². The van der Waals surface area contributed by atoms with E-state index in [4.69, 9.17) is 0 Å². The number of nitrogens with zero attached hydrogens (tertiary/aromatic N) is 3. The van der Waals surface area contributed by atoms with Gasteiger partial charge in [0.15, 0.2) is 0 Å². The van der Waals surface area contributed by atoms with Crippen molar-refractivity contribution in [1.82, 2.24) is 15.0 Å². The third-order valence-corrected chi connectivity index (χ3v) is 2.87. The molecule has 3 nitrogen and oxygen atoms in total. The maximum absolute atomic E-state index is 4.40. The molecule has 0 aliphatic rings. The minimum atomic E-state index is 0.908. The zero-order valence-electron chi connectivity index (χ0n) is 8.34. The van der Waals surface area contributed by atoms with E-state index in [0.717, 1.165) is 21.2 Å². The molecule has 3 aromatic rings. The van der Waals surface area contributed by atoms with E-state index in [1.54, 1.807) is 4.80 Å². The summed E-state index contributed by atoms with van der Waals surface area (Å²) in [5.74, 6) is 0. The van der Waals surface area contributed by atoms with Gasteiger partial charge >= 0.3 is 0 Å². The van der Waals surface area contributed by atoms with Crippen LogP contribution >= 0.6 is 15.9 Å². The molecule has 0 aliphatic heterocycles. The summed E-state index contributed by atoms with van der Waals surface area (Å²) in [6.07, 6.45) is 0. The van der Waals surface area contributed by atoms with E-state index in [1.807, 2.05) is 48.5 Å². The van der Waals surface area contributed by atoms with Crippen molar-refractivity contribution in [2.75, 3.05) is 0 Å². The third kappa shape index (κ3) is 1.61. The van der Waals surface area contributed by atoms with Crippen molar-refractivity contribution >= 4 is 27.0 Å². The number of hydrogen-bond acceptors (Lipinski definition) is 2. The lowest BCUT2D eigenvalue weighted by Crippen LogP contribution is -1.97. The highest BCUT2D eigenvalue weighted by atomic mass is 79.9. The molecule has 0 saturated heterocycles. The normalized spacial score (nSPS) is 10.8. The largest absolute Gasteiger partial charge is 0.150 e. The second-order valence-corrected chi connectivity index (χ2v) is 4.37. The zero-order valence-corrected chi connectivity index (χ0v) is 9.92. The lowest BCUT2D eigenvalue weighted by molar-refractivity contribution is 0.765. The fraction of sp³-hybridized carbons (Fsp3) is 0. The van der Waals surface area contributed by atoms with Crippen molar-refractivity contribution in [3.8, 4) is 5.69 Å². The monoisotopic (exact) mass is 273 g/mol. The van der Waals surface area contributed by atoms with Gasteiger partial charge < -0.3 is 0 Å². The molecule has 16 heavy (non-hydrogen) atoms. The molecule has 1 heterocycles. The molecule has 0 bridgehead atoms. The summed E-state index contributed by atoms with van der Waals surface area (Å²) in [5, 5.41) is 8.81. The Bertz CT molecular complexity index is 595. The fourth-order valence-corrected chi connectivity index (χ4v) is 1.81. The Morgan fingerprint density at radius 3 is 1.94 bits per heavy atom. The minimum Gasteiger partial charge on any atom is -0.150 e. The summed E-state index contributed by atoms with van der Waals surface area (Å²) in [4.78, 5) is 1.65. The average Bonchev–Trinajstić information content (AvgIpc) is 2.73. The van der Waals surface area contributed by atoms with E-state index in [2.05, 4.69) is 26.1 Å². The summed E-state index contributed by atoms with van der Waals surface area (Å²) < 4.78 is 1.05. The predicted octanol–water partition coefficient (Wildman–Crippen LogP) is 3.18. The van der Waals surface area contributed by atoms with E-state index in [1.165, 1.54) is 0 Å². The first kappa shape index (κ1) is 9.54. The Balaban J connectivity index is 2.15. The topological polar surface area (TPSA) is 30.7 Å².